The van der Waals surface area contributed by atoms with Gasteiger partial charge in [-0.15, -0.1) is 0 Å². The van der Waals surface area contributed by atoms with Crippen LogP contribution in [0.2, 0.25) is 0 Å². The van der Waals surface area contributed by atoms with E-state index < -0.39 is 42.6 Å². The van der Waals surface area contributed by atoms with Crippen LogP contribution in [-0.4, -0.2) is 14.2 Å². The molecule has 0 bridgehead atoms. The third-order valence-electron chi connectivity index (χ3n) is 4.27. The Labute approximate surface area is 153 Å². The van der Waals surface area contributed by atoms with Gasteiger partial charge >= 0.3 is 5.69 Å². The summed E-state index contributed by atoms with van der Waals surface area (Å²) in [6.45, 7) is -1.01. The van der Waals surface area contributed by atoms with Crippen molar-refractivity contribution in [2.45, 2.75) is 25.4 Å². The van der Waals surface area contributed by atoms with Crippen molar-refractivity contribution in [3.8, 4) is 5.88 Å². The van der Waals surface area contributed by atoms with Crippen molar-refractivity contribution < 1.29 is 13.9 Å². The average Bonchev–Trinajstić information content (AvgIpc) is 2.69. The van der Waals surface area contributed by atoms with E-state index in [1.165, 1.54) is 0 Å². The summed E-state index contributed by atoms with van der Waals surface area (Å²) in [4.78, 5) is 24.6. The van der Waals surface area contributed by atoms with Gasteiger partial charge in [0.15, 0.2) is 0 Å². The molecule has 27 heavy (non-hydrogen) atoms. The topological polar surface area (TPSA) is 64.2 Å². The molecule has 5 nitrogen and oxygen atoms in total. The summed E-state index contributed by atoms with van der Waals surface area (Å²) in [6.07, 6.45) is -3.17. The van der Waals surface area contributed by atoms with E-state index in [1.54, 1.807) is 60.7 Å². The largest absolute Gasteiger partial charge is 0.494 e. The van der Waals surface area contributed by atoms with E-state index in [0.717, 1.165) is 10.6 Å². The van der Waals surface area contributed by atoms with E-state index in [2.05, 4.69) is 0 Å². The number of rotatable bonds is 6. The molecule has 0 spiro atoms. The summed E-state index contributed by atoms with van der Waals surface area (Å²) in [5.74, 6) is -0.657. The second kappa shape index (κ2) is 7.99. The number of aromatic nitrogens is 2. The molecule has 140 valence electrons. The molecule has 0 unspecified atom stereocenters. The van der Waals surface area contributed by atoms with Gasteiger partial charge in [-0.05, 0) is 11.1 Å². The zero-order chi connectivity index (χ0) is 19.4. The second-order valence-electron chi connectivity index (χ2n) is 6.10. The first kappa shape index (κ1) is 18.6. The first-order valence-electron chi connectivity index (χ1n) is 8.39. The fraction of sp³-hybridized carbons (Fsp3) is 0.200. The lowest BCUT2D eigenvalue weighted by molar-refractivity contribution is 0.261. The van der Waals surface area contributed by atoms with Crippen molar-refractivity contribution in [3.63, 3.8) is 0 Å². The van der Waals surface area contributed by atoms with Crippen LogP contribution in [0.25, 0.3) is 0 Å². The van der Waals surface area contributed by atoms with Crippen LogP contribution in [0.15, 0.2) is 76.3 Å². The number of hydrogen-bond acceptors (Lipinski definition) is 3. The standard InChI is InChI=1S/C20H18F2N2O3/c21-16(14-7-3-1-4-8-14)12-23-18(25)11-19(26)24(20(23)27)13-17(22)15-9-5-2-6-10-15/h1-11,16-17,25H,12-13H2/t16-,17-/m0/s1. The van der Waals surface area contributed by atoms with Crippen LogP contribution in [0.3, 0.4) is 0 Å². The Morgan fingerprint density at radius 1 is 0.778 bits per heavy atom. The van der Waals surface area contributed by atoms with Gasteiger partial charge in [0.2, 0.25) is 5.88 Å². The van der Waals surface area contributed by atoms with Crippen LogP contribution in [-0.2, 0) is 13.1 Å². The molecule has 0 aliphatic heterocycles. The molecule has 0 saturated heterocycles. The predicted molar refractivity (Wildman–Crippen MR) is 97.2 cm³/mol. The third-order valence-corrected chi connectivity index (χ3v) is 4.27. The predicted octanol–water partition coefficient (Wildman–Crippen LogP) is 3.14. The minimum absolute atomic E-state index is 0.316. The van der Waals surface area contributed by atoms with E-state index in [0.29, 0.717) is 15.7 Å². The molecule has 0 aliphatic rings. The minimum atomic E-state index is -1.59. The molecular formula is C20H18F2N2O3. The summed E-state index contributed by atoms with van der Waals surface area (Å²) in [5.41, 5.74) is -1.16. The molecule has 3 rings (SSSR count). The number of hydrogen-bond donors (Lipinski definition) is 1. The molecule has 2 aromatic carbocycles. The number of halogens is 2. The molecule has 0 amide bonds. The Kier molecular flexibility index (Phi) is 5.49. The monoisotopic (exact) mass is 372 g/mol. The van der Waals surface area contributed by atoms with Gasteiger partial charge in [0.05, 0.1) is 19.2 Å². The number of nitrogens with zero attached hydrogens (tertiary/aromatic N) is 2. The van der Waals surface area contributed by atoms with Crippen LogP contribution in [0.4, 0.5) is 8.78 Å². The van der Waals surface area contributed by atoms with Gasteiger partial charge in [-0.2, -0.15) is 0 Å². The van der Waals surface area contributed by atoms with Crippen LogP contribution in [0.5, 0.6) is 5.88 Å². The molecule has 1 heterocycles. The molecule has 7 heteroatoms. The summed E-state index contributed by atoms with van der Waals surface area (Å²) < 4.78 is 30.4. The number of alkyl halides is 2. The molecule has 0 saturated carbocycles. The summed E-state index contributed by atoms with van der Waals surface area (Å²) in [5, 5.41) is 9.93. The summed E-state index contributed by atoms with van der Waals surface area (Å²) in [6, 6.07) is 17.0. The molecule has 0 radical (unpaired) electrons. The van der Waals surface area contributed by atoms with Crippen molar-refractivity contribution in [1.82, 2.24) is 9.13 Å². The fourth-order valence-electron chi connectivity index (χ4n) is 2.80. The van der Waals surface area contributed by atoms with Gasteiger partial charge < -0.3 is 5.11 Å². The Hall–Kier alpha value is -3.22. The highest BCUT2D eigenvalue weighted by Crippen LogP contribution is 2.21. The highest BCUT2D eigenvalue weighted by molar-refractivity contribution is 5.19. The van der Waals surface area contributed by atoms with Gasteiger partial charge in [-0.25, -0.2) is 13.6 Å². The number of aromatic hydroxyl groups is 1. The van der Waals surface area contributed by atoms with Gasteiger partial charge in [-0.3, -0.25) is 13.9 Å². The van der Waals surface area contributed by atoms with Gasteiger partial charge in [-0.1, -0.05) is 60.7 Å². The summed E-state index contributed by atoms with van der Waals surface area (Å²) >= 11 is 0. The van der Waals surface area contributed by atoms with Crippen molar-refractivity contribution in [1.29, 1.82) is 0 Å². The maximum Gasteiger partial charge on any atom is 0.333 e. The van der Waals surface area contributed by atoms with Crippen LogP contribution < -0.4 is 11.2 Å². The lowest BCUT2D eigenvalue weighted by Crippen LogP contribution is -2.40. The maximum atomic E-state index is 14.5. The smallest absolute Gasteiger partial charge is 0.333 e. The zero-order valence-corrected chi connectivity index (χ0v) is 14.3. The lowest BCUT2D eigenvalue weighted by atomic mass is 10.1. The van der Waals surface area contributed by atoms with Crippen molar-refractivity contribution in [2.75, 3.05) is 0 Å². The van der Waals surface area contributed by atoms with Crippen LogP contribution >= 0.6 is 0 Å². The molecular weight excluding hydrogens is 354 g/mol. The normalized spacial score (nSPS) is 13.3. The third kappa shape index (κ3) is 4.13. The molecule has 2 atom stereocenters. The van der Waals surface area contributed by atoms with E-state index in [9.17, 15) is 23.5 Å². The summed E-state index contributed by atoms with van der Waals surface area (Å²) in [7, 11) is 0. The van der Waals surface area contributed by atoms with Crippen molar-refractivity contribution in [2.24, 2.45) is 0 Å². The maximum absolute atomic E-state index is 14.5. The fourth-order valence-corrected chi connectivity index (χ4v) is 2.80. The lowest BCUT2D eigenvalue weighted by Gasteiger charge is -2.16. The van der Waals surface area contributed by atoms with E-state index in [4.69, 9.17) is 0 Å². The SMILES string of the molecule is O=c1cc(O)n(C[C@H](F)c2ccccc2)c(=O)n1C[C@H](F)c1ccccc1. The highest BCUT2D eigenvalue weighted by atomic mass is 19.1. The van der Waals surface area contributed by atoms with E-state index in [-0.39, 0.29) is 0 Å². The molecule has 0 fully saturated rings. The van der Waals surface area contributed by atoms with E-state index in [1.807, 2.05) is 0 Å². The molecule has 0 aliphatic carbocycles. The van der Waals surface area contributed by atoms with Gasteiger partial charge in [0.25, 0.3) is 5.56 Å². The van der Waals surface area contributed by atoms with E-state index >= 15 is 0 Å². The van der Waals surface area contributed by atoms with Crippen molar-refractivity contribution >= 4 is 0 Å². The molecule has 1 aromatic heterocycles. The Balaban J connectivity index is 1.91. The van der Waals surface area contributed by atoms with Crippen molar-refractivity contribution in [3.05, 3.63) is 98.7 Å². The highest BCUT2D eigenvalue weighted by Gasteiger charge is 2.19. The number of benzene rings is 2. The minimum Gasteiger partial charge on any atom is -0.494 e. The Bertz CT molecular complexity index is 1020. The van der Waals surface area contributed by atoms with Crippen LogP contribution in [0, 0.1) is 0 Å². The first-order chi connectivity index (χ1) is 13.0. The van der Waals surface area contributed by atoms with Gasteiger partial charge in [0.1, 0.15) is 12.3 Å². The Morgan fingerprint density at radius 2 is 1.22 bits per heavy atom. The van der Waals surface area contributed by atoms with Crippen LogP contribution in [0.1, 0.15) is 23.5 Å². The average molecular weight is 372 g/mol. The molecule has 1 N–H and O–H groups in total. The second-order valence-corrected chi connectivity index (χ2v) is 6.10. The van der Waals surface area contributed by atoms with Gasteiger partial charge in [0, 0.05) is 0 Å². The molecule has 3 aromatic rings. The quantitative estimate of drug-likeness (QED) is 0.723. The Morgan fingerprint density at radius 3 is 1.70 bits per heavy atom. The zero-order valence-electron chi connectivity index (χ0n) is 14.3. The first-order valence-corrected chi connectivity index (χ1v) is 8.39.